The lowest BCUT2D eigenvalue weighted by Crippen LogP contribution is -2.09. The number of para-hydroxylation sites is 1. The molecule has 2 aromatic rings. The van der Waals surface area contributed by atoms with Crippen molar-refractivity contribution < 1.29 is 9.47 Å². The Morgan fingerprint density at radius 2 is 1.90 bits per heavy atom. The molecule has 1 aromatic heterocycles. The second-order valence-electron chi connectivity index (χ2n) is 4.00. The zero-order valence-corrected chi connectivity index (χ0v) is 12.8. The molecule has 20 heavy (non-hydrogen) atoms. The maximum Gasteiger partial charge on any atom is 0.204 e. The van der Waals surface area contributed by atoms with E-state index in [9.17, 15) is 0 Å². The van der Waals surface area contributed by atoms with Gasteiger partial charge in [0.2, 0.25) is 6.29 Å². The summed E-state index contributed by atoms with van der Waals surface area (Å²) in [7, 11) is 0. The molecular formula is C14H19N3O2S. The van der Waals surface area contributed by atoms with Crippen LogP contribution in [0.15, 0.2) is 35.4 Å². The second-order valence-corrected chi connectivity index (χ2v) is 4.85. The molecule has 0 atom stereocenters. The van der Waals surface area contributed by atoms with Gasteiger partial charge in [0.15, 0.2) is 0 Å². The number of thioether (sulfide) groups is 1. The molecule has 1 aromatic carbocycles. The van der Waals surface area contributed by atoms with Gasteiger partial charge >= 0.3 is 0 Å². The molecule has 0 aliphatic rings. The highest BCUT2D eigenvalue weighted by Gasteiger charge is 2.16. The maximum absolute atomic E-state index is 5.53. The first-order chi connectivity index (χ1) is 9.80. The fourth-order valence-electron chi connectivity index (χ4n) is 1.84. The summed E-state index contributed by atoms with van der Waals surface area (Å²) in [5.74, 6) is 0. The summed E-state index contributed by atoms with van der Waals surface area (Å²) in [5, 5.41) is 8.33. The number of nitrogens with zero attached hydrogens (tertiary/aromatic N) is 3. The summed E-state index contributed by atoms with van der Waals surface area (Å²) >= 11 is 1.68. The average Bonchev–Trinajstić information content (AvgIpc) is 2.96. The summed E-state index contributed by atoms with van der Waals surface area (Å²) in [6.07, 6.45) is 3.44. The van der Waals surface area contributed by atoms with E-state index in [-0.39, 0.29) is 0 Å². The molecule has 108 valence electrons. The minimum atomic E-state index is -0.458. The van der Waals surface area contributed by atoms with E-state index in [1.807, 2.05) is 44.5 Å². The van der Waals surface area contributed by atoms with Gasteiger partial charge in [0.05, 0.1) is 11.9 Å². The van der Waals surface area contributed by atoms with E-state index in [2.05, 4.69) is 16.4 Å². The van der Waals surface area contributed by atoms with E-state index in [0.29, 0.717) is 18.9 Å². The Labute approximate surface area is 123 Å². The lowest BCUT2D eigenvalue weighted by molar-refractivity contribution is -0.142. The van der Waals surface area contributed by atoms with Crippen molar-refractivity contribution >= 4 is 11.8 Å². The highest BCUT2D eigenvalue weighted by atomic mass is 32.2. The van der Waals surface area contributed by atoms with Gasteiger partial charge in [-0.15, -0.1) is 16.9 Å². The Hall–Kier alpha value is -1.37. The van der Waals surface area contributed by atoms with Crippen LogP contribution < -0.4 is 0 Å². The van der Waals surface area contributed by atoms with Crippen LogP contribution in [0.25, 0.3) is 5.69 Å². The third-order valence-corrected chi connectivity index (χ3v) is 3.51. The van der Waals surface area contributed by atoms with Gasteiger partial charge < -0.3 is 9.47 Å². The van der Waals surface area contributed by atoms with E-state index in [1.165, 1.54) is 0 Å². The van der Waals surface area contributed by atoms with Crippen molar-refractivity contribution in [3.8, 4) is 5.69 Å². The van der Waals surface area contributed by atoms with E-state index in [0.717, 1.165) is 10.6 Å². The first-order valence-electron chi connectivity index (χ1n) is 6.59. The van der Waals surface area contributed by atoms with Gasteiger partial charge in [0, 0.05) is 18.1 Å². The average molecular weight is 293 g/mol. The molecule has 0 saturated heterocycles. The van der Waals surface area contributed by atoms with Gasteiger partial charge in [-0.1, -0.05) is 17.3 Å². The maximum atomic E-state index is 5.53. The molecule has 6 heteroatoms. The van der Waals surface area contributed by atoms with Crippen LogP contribution in [0.1, 0.15) is 25.8 Å². The smallest absolute Gasteiger partial charge is 0.204 e. The van der Waals surface area contributed by atoms with Crippen molar-refractivity contribution in [1.29, 1.82) is 0 Å². The summed E-state index contributed by atoms with van der Waals surface area (Å²) in [6, 6.07) is 8.07. The largest absolute Gasteiger partial charge is 0.347 e. The molecule has 0 spiro atoms. The minimum Gasteiger partial charge on any atom is -0.347 e. The summed E-state index contributed by atoms with van der Waals surface area (Å²) in [4.78, 5) is 1.15. The van der Waals surface area contributed by atoms with Crippen molar-refractivity contribution in [2.24, 2.45) is 0 Å². The molecule has 0 N–H and O–H groups in total. The molecule has 0 unspecified atom stereocenters. The normalized spacial score (nSPS) is 11.2. The first kappa shape index (κ1) is 15.0. The van der Waals surface area contributed by atoms with Crippen LogP contribution >= 0.6 is 11.8 Å². The van der Waals surface area contributed by atoms with E-state index in [4.69, 9.17) is 9.47 Å². The second kappa shape index (κ2) is 7.42. The Morgan fingerprint density at radius 1 is 1.20 bits per heavy atom. The Kier molecular flexibility index (Phi) is 5.58. The molecule has 0 aliphatic heterocycles. The van der Waals surface area contributed by atoms with Crippen molar-refractivity contribution in [2.45, 2.75) is 25.0 Å². The molecule has 0 radical (unpaired) electrons. The Bertz CT molecular complexity index is 539. The fourth-order valence-corrected chi connectivity index (χ4v) is 2.43. The lowest BCUT2D eigenvalue weighted by atomic mass is 10.3. The number of aromatic nitrogens is 3. The minimum absolute atomic E-state index is 0.458. The summed E-state index contributed by atoms with van der Waals surface area (Å²) in [6.45, 7) is 5.00. The van der Waals surface area contributed by atoms with E-state index < -0.39 is 6.29 Å². The zero-order chi connectivity index (χ0) is 14.4. The number of benzene rings is 1. The molecule has 0 aliphatic carbocycles. The number of hydrogen-bond acceptors (Lipinski definition) is 5. The molecular weight excluding hydrogens is 274 g/mol. The Balaban J connectivity index is 2.27. The van der Waals surface area contributed by atoms with Crippen LogP contribution in [0.2, 0.25) is 0 Å². The Morgan fingerprint density at radius 3 is 2.55 bits per heavy atom. The van der Waals surface area contributed by atoms with Crippen LogP contribution in [-0.4, -0.2) is 34.5 Å². The fraction of sp³-hybridized carbons (Fsp3) is 0.429. The van der Waals surface area contributed by atoms with Crippen molar-refractivity contribution in [3.63, 3.8) is 0 Å². The highest BCUT2D eigenvalue weighted by molar-refractivity contribution is 7.98. The first-order valence-corrected chi connectivity index (χ1v) is 7.81. The van der Waals surface area contributed by atoms with Crippen LogP contribution in [0.4, 0.5) is 0 Å². The third kappa shape index (κ3) is 3.39. The quantitative estimate of drug-likeness (QED) is 0.580. The standard InChI is InChI=1S/C14H19N3O2S/c1-4-18-14(19-5-2)11-10-17(16-15-11)12-8-6-7-9-13(12)20-3/h6-10,14H,4-5H2,1-3H3. The van der Waals surface area contributed by atoms with E-state index in [1.54, 1.807) is 16.4 Å². The lowest BCUT2D eigenvalue weighted by Gasteiger charge is -2.13. The predicted molar refractivity (Wildman–Crippen MR) is 79.1 cm³/mol. The molecule has 5 nitrogen and oxygen atoms in total. The van der Waals surface area contributed by atoms with Gasteiger partial charge in [-0.25, -0.2) is 4.68 Å². The van der Waals surface area contributed by atoms with Crippen molar-refractivity contribution in [1.82, 2.24) is 15.0 Å². The molecule has 0 saturated carbocycles. The monoisotopic (exact) mass is 293 g/mol. The SMILES string of the molecule is CCOC(OCC)c1cn(-c2ccccc2SC)nn1. The van der Waals surface area contributed by atoms with Crippen molar-refractivity contribution in [2.75, 3.05) is 19.5 Å². The molecule has 2 rings (SSSR count). The molecule has 0 amide bonds. The third-order valence-electron chi connectivity index (χ3n) is 2.72. The number of rotatable bonds is 7. The van der Waals surface area contributed by atoms with Crippen molar-refractivity contribution in [3.05, 3.63) is 36.2 Å². The van der Waals surface area contributed by atoms with Gasteiger partial charge in [0.1, 0.15) is 5.69 Å². The summed E-state index contributed by atoms with van der Waals surface area (Å²) in [5.41, 5.74) is 1.69. The van der Waals surface area contributed by atoms with Crippen LogP contribution in [0.3, 0.4) is 0 Å². The van der Waals surface area contributed by atoms with Gasteiger partial charge in [-0.2, -0.15) is 0 Å². The predicted octanol–water partition coefficient (Wildman–Crippen LogP) is 3.06. The van der Waals surface area contributed by atoms with Crippen LogP contribution in [0, 0.1) is 0 Å². The topological polar surface area (TPSA) is 49.2 Å². The molecule has 0 fully saturated rings. The zero-order valence-electron chi connectivity index (χ0n) is 11.9. The summed E-state index contributed by atoms with van der Waals surface area (Å²) < 4.78 is 12.8. The van der Waals surface area contributed by atoms with Gasteiger partial charge in [0.25, 0.3) is 0 Å². The van der Waals surface area contributed by atoms with Gasteiger partial charge in [-0.3, -0.25) is 0 Å². The highest BCUT2D eigenvalue weighted by Crippen LogP contribution is 2.24. The van der Waals surface area contributed by atoms with E-state index >= 15 is 0 Å². The molecule has 0 bridgehead atoms. The van der Waals surface area contributed by atoms with Crippen LogP contribution in [-0.2, 0) is 9.47 Å². The number of ether oxygens (including phenoxy) is 2. The molecule has 1 heterocycles. The van der Waals surface area contributed by atoms with Gasteiger partial charge in [-0.05, 0) is 32.2 Å². The van der Waals surface area contributed by atoms with Crippen LogP contribution in [0.5, 0.6) is 0 Å². The number of hydrogen-bond donors (Lipinski definition) is 0.